The molecular formula is C19H38O6S. The molecule has 0 radical (unpaired) electrons. The first-order valence-electron chi connectivity index (χ1n) is 10.2. The molecule has 7 heteroatoms. The summed E-state index contributed by atoms with van der Waals surface area (Å²) in [5, 5.41) is 0. The Bertz CT molecular complexity index is 443. The highest BCUT2D eigenvalue weighted by Gasteiger charge is 2.32. The second-order valence-corrected chi connectivity index (χ2v) is 9.04. The van der Waals surface area contributed by atoms with Crippen molar-refractivity contribution in [2.45, 2.75) is 96.4 Å². The largest absolute Gasteiger partial charge is 0.373 e. The molecule has 0 bridgehead atoms. The van der Waals surface area contributed by atoms with Crippen LogP contribution in [0.4, 0.5) is 0 Å². The maximum Gasteiger partial charge on any atom is 0.264 e. The van der Waals surface area contributed by atoms with Crippen molar-refractivity contribution in [2.75, 3.05) is 25.6 Å². The first-order chi connectivity index (χ1) is 12.3. The molecule has 0 unspecified atom stereocenters. The highest BCUT2D eigenvalue weighted by Crippen LogP contribution is 2.26. The second-order valence-electron chi connectivity index (χ2n) is 7.47. The molecule has 0 aromatic carbocycles. The molecule has 1 aliphatic rings. The van der Waals surface area contributed by atoms with Gasteiger partial charge in [-0.05, 0) is 19.8 Å². The topological polar surface area (TPSA) is 82.1 Å². The molecule has 26 heavy (non-hydrogen) atoms. The Morgan fingerprint density at radius 3 is 2.04 bits per heavy atom. The zero-order valence-corrected chi connectivity index (χ0v) is 17.4. The predicted octanol–water partition coefficient (Wildman–Crippen LogP) is 4.33. The fourth-order valence-corrected chi connectivity index (χ4v) is 3.60. The normalized spacial score (nSPS) is 24.0. The van der Waals surface area contributed by atoms with Crippen LogP contribution in [0.5, 0.6) is 0 Å². The zero-order chi connectivity index (χ0) is 19.3. The van der Waals surface area contributed by atoms with Crippen molar-refractivity contribution in [2.24, 2.45) is 0 Å². The SMILES string of the molecule is CCCCCCCCCCCC1(C)OCC(OCCCS(=O)(=O)O)CO1. The van der Waals surface area contributed by atoms with Gasteiger partial charge >= 0.3 is 0 Å². The van der Waals surface area contributed by atoms with Gasteiger partial charge in [-0.1, -0.05) is 58.3 Å². The molecule has 6 nitrogen and oxygen atoms in total. The zero-order valence-electron chi connectivity index (χ0n) is 16.6. The first kappa shape index (κ1) is 23.8. The van der Waals surface area contributed by atoms with Crippen molar-refractivity contribution in [3.63, 3.8) is 0 Å². The van der Waals surface area contributed by atoms with Crippen molar-refractivity contribution in [1.82, 2.24) is 0 Å². The van der Waals surface area contributed by atoms with Crippen molar-refractivity contribution in [1.29, 1.82) is 0 Å². The van der Waals surface area contributed by atoms with Crippen LogP contribution in [0.3, 0.4) is 0 Å². The number of unbranched alkanes of at least 4 members (excludes halogenated alkanes) is 8. The summed E-state index contributed by atoms with van der Waals surface area (Å²) in [6.07, 6.45) is 12.6. The van der Waals surface area contributed by atoms with Gasteiger partial charge in [0.1, 0.15) is 6.10 Å². The third-order valence-corrected chi connectivity index (χ3v) is 5.59. The van der Waals surface area contributed by atoms with E-state index in [9.17, 15) is 8.42 Å². The number of ether oxygens (including phenoxy) is 3. The smallest absolute Gasteiger partial charge is 0.264 e. The summed E-state index contributed by atoms with van der Waals surface area (Å²) in [4.78, 5) is 0. The molecule has 1 heterocycles. The van der Waals surface area contributed by atoms with Gasteiger partial charge in [0.15, 0.2) is 5.79 Å². The van der Waals surface area contributed by atoms with Crippen molar-refractivity contribution < 1.29 is 27.2 Å². The van der Waals surface area contributed by atoms with Crippen molar-refractivity contribution in [3.05, 3.63) is 0 Å². The Hall–Kier alpha value is -0.210. The summed E-state index contributed by atoms with van der Waals surface area (Å²) in [7, 11) is -3.91. The number of hydrogen-bond acceptors (Lipinski definition) is 5. The van der Waals surface area contributed by atoms with E-state index < -0.39 is 15.9 Å². The average Bonchev–Trinajstić information content (AvgIpc) is 2.58. The molecule has 1 rings (SSSR count). The van der Waals surface area contributed by atoms with E-state index in [0.717, 1.165) is 12.8 Å². The van der Waals surface area contributed by atoms with Crippen LogP contribution in [-0.2, 0) is 24.3 Å². The van der Waals surface area contributed by atoms with Gasteiger partial charge in [-0.3, -0.25) is 4.55 Å². The highest BCUT2D eigenvalue weighted by molar-refractivity contribution is 7.85. The third-order valence-electron chi connectivity index (χ3n) is 4.78. The van der Waals surface area contributed by atoms with E-state index in [1.807, 2.05) is 6.92 Å². The standard InChI is InChI=1S/C19H38O6S/c1-3-4-5-6-7-8-9-10-11-13-19(2)24-16-18(17-25-19)23-14-12-15-26(20,21)22/h18H,3-17H2,1-2H3,(H,20,21,22). The van der Waals surface area contributed by atoms with Gasteiger partial charge in [-0.2, -0.15) is 8.42 Å². The van der Waals surface area contributed by atoms with Crippen molar-refractivity contribution >= 4 is 10.1 Å². The van der Waals surface area contributed by atoms with Crippen molar-refractivity contribution in [3.8, 4) is 0 Å². The van der Waals surface area contributed by atoms with Gasteiger partial charge in [0.25, 0.3) is 10.1 Å². The monoisotopic (exact) mass is 394 g/mol. The van der Waals surface area contributed by atoms with Gasteiger partial charge in [0, 0.05) is 13.0 Å². The Kier molecular flexibility index (Phi) is 12.0. The minimum absolute atomic E-state index is 0.174. The van der Waals surface area contributed by atoms with Gasteiger partial charge in [0.05, 0.1) is 19.0 Å². The maximum absolute atomic E-state index is 10.6. The van der Waals surface area contributed by atoms with Crippen LogP contribution in [0, 0.1) is 0 Å². The van der Waals surface area contributed by atoms with E-state index in [2.05, 4.69) is 6.92 Å². The average molecular weight is 395 g/mol. The molecule has 1 saturated heterocycles. The molecule has 0 amide bonds. The molecule has 156 valence electrons. The fourth-order valence-electron chi connectivity index (χ4n) is 3.12. The summed E-state index contributed by atoms with van der Waals surface area (Å²) in [5.41, 5.74) is 0. The van der Waals surface area contributed by atoms with E-state index in [1.165, 1.54) is 51.4 Å². The molecule has 0 aliphatic carbocycles. The predicted molar refractivity (Wildman–Crippen MR) is 103 cm³/mol. The molecule has 1 fully saturated rings. The van der Waals surface area contributed by atoms with Crippen LogP contribution < -0.4 is 0 Å². The second kappa shape index (κ2) is 13.0. The van der Waals surface area contributed by atoms with Crippen LogP contribution >= 0.6 is 0 Å². The summed E-state index contributed by atoms with van der Waals surface area (Å²) in [6.45, 7) is 5.41. The Balaban J connectivity index is 2.01. The van der Waals surface area contributed by atoms with E-state index in [0.29, 0.717) is 13.2 Å². The van der Waals surface area contributed by atoms with Crippen LogP contribution in [0.15, 0.2) is 0 Å². The van der Waals surface area contributed by atoms with Gasteiger partial charge in [-0.15, -0.1) is 0 Å². The van der Waals surface area contributed by atoms with Crippen LogP contribution in [0.1, 0.15) is 84.5 Å². The fraction of sp³-hybridized carbons (Fsp3) is 1.00. The molecule has 1 aliphatic heterocycles. The summed E-state index contributed by atoms with van der Waals surface area (Å²) in [5.74, 6) is -0.812. The lowest BCUT2D eigenvalue weighted by Gasteiger charge is -2.37. The molecule has 0 aromatic rings. The minimum Gasteiger partial charge on any atom is -0.373 e. The Morgan fingerprint density at radius 2 is 1.50 bits per heavy atom. The minimum atomic E-state index is -3.91. The number of hydrogen-bond donors (Lipinski definition) is 1. The third kappa shape index (κ3) is 12.2. The first-order valence-corrected chi connectivity index (χ1v) is 11.8. The van der Waals surface area contributed by atoms with E-state index in [1.54, 1.807) is 0 Å². The molecule has 0 atom stereocenters. The summed E-state index contributed by atoms with van der Waals surface area (Å²) in [6, 6.07) is 0. The van der Waals surface area contributed by atoms with E-state index in [4.69, 9.17) is 18.8 Å². The van der Waals surface area contributed by atoms with Gasteiger partial charge < -0.3 is 14.2 Å². The quantitative estimate of drug-likeness (QED) is 0.329. The lowest BCUT2D eigenvalue weighted by atomic mass is 10.0. The summed E-state index contributed by atoms with van der Waals surface area (Å²) >= 11 is 0. The molecular weight excluding hydrogens is 356 g/mol. The lowest BCUT2D eigenvalue weighted by Crippen LogP contribution is -2.45. The maximum atomic E-state index is 10.6. The molecule has 0 aromatic heterocycles. The number of rotatable bonds is 15. The molecule has 1 N–H and O–H groups in total. The lowest BCUT2D eigenvalue weighted by molar-refractivity contribution is -0.291. The van der Waals surface area contributed by atoms with E-state index in [-0.39, 0.29) is 24.9 Å². The van der Waals surface area contributed by atoms with Gasteiger partial charge in [-0.25, -0.2) is 0 Å². The Labute approximate surface area is 159 Å². The summed E-state index contributed by atoms with van der Waals surface area (Å²) < 4.78 is 47.2. The molecule has 0 spiro atoms. The Morgan fingerprint density at radius 1 is 0.962 bits per heavy atom. The van der Waals surface area contributed by atoms with E-state index >= 15 is 0 Å². The van der Waals surface area contributed by atoms with Crippen LogP contribution in [0.2, 0.25) is 0 Å². The van der Waals surface area contributed by atoms with Crippen LogP contribution in [-0.4, -0.2) is 50.4 Å². The van der Waals surface area contributed by atoms with Crippen LogP contribution in [0.25, 0.3) is 0 Å². The highest BCUT2D eigenvalue weighted by atomic mass is 32.2. The molecule has 0 saturated carbocycles. The van der Waals surface area contributed by atoms with Gasteiger partial charge in [0.2, 0.25) is 0 Å².